The maximum absolute atomic E-state index is 11.3. The Kier molecular flexibility index (Phi) is 4.10. The number of carbonyl (C=O) groups is 1. The summed E-state index contributed by atoms with van der Waals surface area (Å²) in [5, 5.41) is 0. The molecule has 0 saturated carbocycles. The Hall–Kier alpha value is -1.57. The van der Waals surface area contributed by atoms with Gasteiger partial charge < -0.3 is 4.74 Å². The minimum atomic E-state index is -0.202. The quantitative estimate of drug-likeness (QED) is 0.428. The molecule has 0 saturated heterocycles. The van der Waals surface area contributed by atoms with Crippen LogP contribution in [0.3, 0.4) is 0 Å². The minimum Gasteiger partial charge on any atom is -0.426 e. The van der Waals surface area contributed by atoms with E-state index in [1.807, 2.05) is 32.1 Å². The summed E-state index contributed by atoms with van der Waals surface area (Å²) in [6.45, 7) is 7.29. The maximum atomic E-state index is 11.3. The lowest BCUT2D eigenvalue weighted by Gasteiger charge is -2.06. The second-order valence-electron chi connectivity index (χ2n) is 3.71. The second-order valence-corrected chi connectivity index (χ2v) is 3.71. The molecule has 1 aromatic rings. The molecule has 2 nitrogen and oxygen atoms in total. The summed E-state index contributed by atoms with van der Waals surface area (Å²) in [6, 6.07) is 7.48. The number of benzene rings is 1. The second kappa shape index (κ2) is 5.35. The highest BCUT2D eigenvalue weighted by molar-refractivity contribution is 5.74. The van der Waals surface area contributed by atoms with E-state index in [2.05, 4.69) is 6.58 Å². The molecule has 0 unspecified atom stereocenters. The molecule has 1 aromatic carbocycles. The standard InChI is InChI=1S/C13H16O2/c1-4-5-11-6-8-12(9-7-11)15-13(14)10(2)3/h4,6-10H,1,5H2,2-3H3. The molecule has 0 heterocycles. The number of hydrogen-bond donors (Lipinski definition) is 0. The van der Waals surface area contributed by atoms with Crippen LogP contribution in [0.2, 0.25) is 0 Å². The van der Waals surface area contributed by atoms with Crippen molar-refractivity contribution in [3.8, 4) is 5.75 Å². The van der Waals surface area contributed by atoms with E-state index >= 15 is 0 Å². The van der Waals surface area contributed by atoms with Crippen LogP contribution in [-0.2, 0) is 11.2 Å². The van der Waals surface area contributed by atoms with Gasteiger partial charge in [-0.05, 0) is 24.1 Å². The summed E-state index contributed by atoms with van der Waals surface area (Å²) in [4.78, 5) is 11.3. The van der Waals surface area contributed by atoms with E-state index in [1.165, 1.54) is 0 Å². The lowest BCUT2D eigenvalue weighted by Crippen LogP contribution is -2.14. The van der Waals surface area contributed by atoms with Crippen molar-refractivity contribution in [1.82, 2.24) is 0 Å². The first-order valence-corrected chi connectivity index (χ1v) is 5.05. The number of carbonyl (C=O) groups excluding carboxylic acids is 1. The van der Waals surface area contributed by atoms with Gasteiger partial charge in [-0.25, -0.2) is 0 Å². The van der Waals surface area contributed by atoms with Crippen molar-refractivity contribution < 1.29 is 9.53 Å². The molecule has 15 heavy (non-hydrogen) atoms. The van der Waals surface area contributed by atoms with Gasteiger partial charge in [-0.3, -0.25) is 4.79 Å². The average molecular weight is 204 g/mol. The van der Waals surface area contributed by atoms with Crippen molar-refractivity contribution in [2.24, 2.45) is 5.92 Å². The first-order chi connectivity index (χ1) is 7.13. The van der Waals surface area contributed by atoms with Crippen LogP contribution in [0.1, 0.15) is 19.4 Å². The molecule has 0 N–H and O–H groups in total. The molecule has 0 spiro atoms. The van der Waals surface area contributed by atoms with Crippen LogP contribution in [-0.4, -0.2) is 5.97 Å². The Balaban J connectivity index is 2.64. The molecule has 0 fully saturated rings. The fourth-order valence-corrected chi connectivity index (χ4v) is 1.09. The van der Waals surface area contributed by atoms with Gasteiger partial charge >= 0.3 is 5.97 Å². The first kappa shape index (κ1) is 11.5. The summed E-state index contributed by atoms with van der Waals surface area (Å²) in [5.41, 5.74) is 1.16. The molecular weight excluding hydrogens is 188 g/mol. The number of hydrogen-bond acceptors (Lipinski definition) is 2. The van der Waals surface area contributed by atoms with Gasteiger partial charge in [-0.15, -0.1) is 6.58 Å². The van der Waals surface area contributed by atoms with E-state index in [1.54, 1.807) is 12.1 Å². The largest absolute Gasteiger partial charge is 0.426 e. The normalized spacial score (nSPS) is 10.1. The Labute approximate surface area is 90.6 Å². The van der Waals surface area contributed by atoms with Crippen molar-refractivity contribution >= 4 is 5.97 Å². The summed E-state index contributed by atoms with van der Waals surface area (Å²) < 4.78 is 5.14. The third kappa shape index (κ3) is 3.58. The number of allylic oxidation sites excluding steroid dienone is 1. The summed E-state index contributed by atoms with van der Waals surface area (Å²) in [7, 11) is 0. The molecule has 0 aliphatic rings. The molecule has 0 aliphatic carbocycles. The molecule has 2 heteroatoms. The Morgan fingerprint density at radius 3 is 2.47 bits per heavy atom. The van der Waals surface area contributed by atoms with Crippen molar-refractivity contribution in [3.63, 3.8) is 0 Å². The summed E-state index contributed by atoms with van der Waals surface area (Å²) in [5.74, 6) is 0.297. The van der Waals surface area contributed by atoms with Crippen LogP contribution in [0.5, 0.6) is 5.75 Å². The van der Waals surface area contributed by atoms with E-state index in [-0.39, 0.29) is 11.9 Å². The van der Waals surface area contributed by atoms with E-state index in [0.29, 0.717) is 5.75 Å². The van der Waals surface area contributed by atoms with Crippen molar-refractivity contribution in [3.05, 3.63) is 42.5 Å². The molecule has 0 atom stereocenters. The van der Waals surface area contributed by atoms with Gasteiger partial charge in [0.25, 0.3) is 0 Å². The zero-order valence-electron chi connectivity index (χ0n) is 9.19. The predicted molar refractivity (Wildman–Crippen MR) is 60.8 cm³/mol. The Bertz CT molecular complexity index is 336. The van der Waals surface area contributed by atoms with Gasteiger partial charge in [-0.2, -0.15) is 0 Å². The molecule has 1 rings (SSSR count). The lowest BCUT2D eigenvalue weighted by atomic mass is 10.1. The number of esters is 1. The Morgan fingerprint density at radius 1 is 1.40 bits per heavy atom. The smallest absolute Gasteiger partial charge is 0.313 e. The minimum absolute atomic E-state index is 0.0992. The zero-order valence-corrected chi connectivity index (χ0v) is 9.19. The van der Waals surface area contributed by atoms with E-state index in [4.69, 9.17) is 4.74 Å². The zero-order chi connectivity index (χ0) is 11.3. The average Bonchev–Trinajstić information content (AvgIpc) is 2.21. The maximum Gasteiger partial charge on any atom is 0.313 e. The fourth-order valence-electron chi connectivity index (χ4n) is 1.09. The van der Waals surface area contributed by atoms with Gasteiger partial charge in [0.1, 0.15) is 5.75 Å². The summed E-state index contributed by atoms with van der Waals surface area (Å²) >= 11 is 0. The molecular formula is C13H16O2. The van der Waals surface area contributed by atoms with Gasteiger partial charge in [0.2, 0.25) is 0 Å². The lowest BCUT2D eigenvalue weighted by molar-refractivity contribution is -0.137. The highest BCUT2D eigenvalue weighted by atomic mass is 16.5. The van der Waals surface area contributed by atoms with E-state index in [0.717, 1.165) is 12.0 Å². The van der Waals surface area contributed by atoms with Crippen LogP contribution in [0.15, 0.2) is 36.9 Å². The topological polar surface area (TPSA) is 26.3 Å². The fraction of sp³-hybridized carbons (Fsp3) is 0.308. The summed E-state index contributed by atoms with van der Waals surface area (Å²) in [6.07, 6.45) is 2.67. The molecule has 0 aliphatic heterocycles. The SMILES string of the molecule is C=CCc1ccc(OC(=O)C(C)C)cc1. The highest BCUT2D eigenvalue weighted by Gasteiger charge is 2.08. The van der Waals surface area contributed by atoms with Crippen LogP contribution < -0.4 is 4.74 Å². The predicted octanol–water partition coefficient (Wildman–Crippen LogP) is 2.98. The molecule has 0 bridgehead atoms. The molecule has 0 aromatic heterocycles. The van der Waals surface area contributed by atoms with E-state index < -0.39 is 0 Å². The van der Waals surface area contributed by atoms with Crippen LogP contribution >= 0.6 is 0 Å². The monoisotopic (exact) mass is 204 g/mol. The van der Waals surface area contributed by atoms with Crippen molar-refractivity contribution in [2.45, 2.75) is 20.3 Å². The van der Waals surface area contributed by atoms with Gasteiger partial charge in [0.15, 0.2) is 0 Å². The van der Waals surface area contributed by atoms with E-state index in [9.17, 15) is 4.79 Å². The van der Waals surface area contributed by atoms with Gasteiger partial charge in [0, 0.05) is 0 Å². The van der Waals surface area contributed by atoms with Crippen LogP contribution in [0.25, 0.3) is 0 Å². The molecule has 0 amide bonds. The molecule has 0 radical (unpaired) electrons. The van der Waals surface area contributed by atoms with Crippen molar-refractivity contribution in [2.75, 3.05) is 0 Å². The number of rotatable bonds is 4. The molecule has 80 valence electrons. The van der Waals surface area contributed by atoms with Gasteiger partial charge in [0.05, 0.1) is 5.92 Å². The highest BCUT2D eigenvalue weighted by Crippen LogP contribution is 2.14. The Morgan fingerprint density at radius 2 is 2.00 bits per heavy atom. The first-order valence-electron chi connectivity index (χ1n) is 5.05. The van der Waals surface area contributed by atoms with Crippen molar-refractivity contribution in [1.29, 1.82) is 0 Å². The number of ether oxygens (including phenoxy) is 1. The third-order valence-electron chi connectivity index (χ3n) is 1.99. The third-order valence-corrected chi connectivity index (χ3v) is 1.99. The van der Waals surface area contributed by atoms with Gasteiger partial charge in [-0.1, -0.05) is 32.1 Å². The van der Waals surface area contributed by atoms with Crippen LogP contribution in [0, 0.1) is 5.92 Å². The van der Waals surface area contributed by atoms with Crippen LogP contribution in [0.4, 0.5) is 0 Å².